The van der Waals surface area contributed by atoms with E-state index in [1.54, 1.807) is 0 Å². The molecule has 0 radical (unpaired) electrons. The lowest BCUT2D eigenvalue weighted by atomic mass is 9.97. The van der Waals surface area contributed by atoms with Crippen molar-refractivity contribution in [3.63, 3.8) is 0 Å². The maximum absolute atomic E-state index is 11.8. The molecule has 1 rings (SSSR count). The van der Waals surface area contributed by atoms with Gasteiger partial charge >= 0.3 is 0 Å². The van der Waals surface area contributed by atoms with E-state index < -0.39 is 0 Å². The van der Waals surface area contributed by atoms with Crippen molar-refractivity contribution in [1.29, 1.82) is 0 Å². The van der Waals surface area contributed by atoms with Gasteiger partial charge in [0.2, 0.25) is 5.91 Å². The van der Waals surface area contributed by atoms with E-state index in [1.807, 2.05) is 19.0 Å². The largest absolute Gasteiger partial charge is 0.345 e. The fourth-order valence-corrected chi connectivity index (χ4v) is 2.43. The molecule has 0 atom stereocenters. The average molecular weight is 262 g/mol. The molecule has 1 aromatic carbocycles. The number of aryl methyl sites for hydroxylation is 3. The summed E-state index contributed by atoms with van der Waals surface area (Å²) in [6.45, 7) is 7.95. The SMILES string of the molecule is CNCCC(=O)N(C)CCc1c(C)cc(C)cc1C. The van der Waals surface area contributed by atoms with E-state index in [4.69, 9.17) is 0 Å². The summed E-state index contributed by atoms with van der Waals surface area (Å²) in [5.74, 6) is 0.205. The maximum Gasteiger partial charge on any atom is 0.223 e. The van der Waals surface area contributed by atoms with E-state index in [1.165, 1.54) is 22.3 Å². The van der Waals surface area contributed by atoms with Crippen LogP contribution >= 0.6 is 0 Å². The molecule has 0 bridgehead atoms. The molecule has 3 nitrogen and oxygen atoms in total. The van der Waals surface area contributed by atoms with Crippen LogP contribution in [-0.2, 0) is 11.2 Å². The van der Waals surface area contributed by atoms with Gasteiger partial charge in [0.25, 0.3) is 0 Å². The van der Waals surface area contributed by atoms with Crippen molar-refractivity contribution in [3.05, 3.63) is 34.4 Å². The molecule has 3 heteroatoms. The molecule has 0 saturated carbocycles. The number of nitrogens with zero attached hydrogens (tertiary/aromatic N) is 1. The van der Waals surface area contributed by atoms with Gasteiger partial charge in [0.15, 0.2) is 0 Å². The summed E-state index contributed by atoms with van der Waals surface area (Å²) in [7, 11) is 3.75. The van der Waals surface area contributed by atoms with Crippen LogP contribution < -0.4 is 5.32 Å². The van der Waals surface area contributed by atoms with Crippen LogP contribution in [0.4, 0.5) is 0 Å². The number of amides is 1. The van der Waals surface area contributed by atoms with Gasteiger partial charge in [0, 0.05) is 26.6 Å². The van der Waals surface area contributed by atoms with E-state index in [2.05, 4.69) is 38.2 Å². The zero-order valence-electron chi connectivity index (χ0n) is 12.8. The van der Waals surface area contributed by atoms with E-state index in [0.717, 1.165) is 19.5 Å². The molecule has 0 unspecified atom stereocenters. The zero-order valence-corrected chi connectivity index (χ0v) is 12.8. The van der Waals surface area contributed by atoms with Gasteiger partial charge in [-0.1, -0.05) is 17.7 Å². The van der Waals surface area contributed by atoms with Crippen LogP contribution in [0.2, 0.25) is 0 Å². The Morgan fingerprint density at radius 2 is 1.79 bits per heavy atom. The minimum Gasteiger partial charge on any atom is -0.345 e. The third-order valence-corrected chi connectivity index (χ3v) is 3.55. The molecule has 0 saturated heterocycles. The molecule has 0 fully saturated rings. The van der Waals surface area contributed by atoms with Crippen LogP contribution in [0.3, 0.4) is 0 Å². The lowest BCUT2D eigenvalue weighted by Crippen LogP contribution is -2.31. The first kappa shape index (κ1) is 15.7. The van der Waals surface area contributed by atoms with Crippen LogP contribution in [-0.4, -0.2) is 38.0 Å². The summed E-state index contributed by atoms with van der Waals surface area (Å²) in [5.41, 5.74) is 5.33. The zero-order chi connectivity index (χ0) is 14.4. The molecular formula is C16H26N2O. The summed E-state index contributed by atoms with van der Waals surface area (Å²) in [5, 5.41) is 3.00. The summed E-state index contributed by atoms with van der Waals surface area (Å²) in [6.07, 6.45) is 1.50. The highest BCUT2D eigenvalue weighted by atomic mass is 16.2. The Kier molecular flexibility index (Phi) is 6.03. The number of carbonyl (C=O) groups excluding carboxylic acids is 1. The van der Waals surface area contributed by atoms with Crippen LogP contribution in [0, 0.1) is 20.8 Å². The first-order valence-electron chi connectivity index (χ1n) is 6.91. The highest BCUT2D eigenvalue weighted by Gasteiger charge is 2.10. The highest BCUT2D eigenvalue weighted by Crippen LogP contribution is 2.17. The second-order valence-corrected chi connectivity index (χ2v) is 5.30. The van der Waals surface area contributed by atoms with Crippen molar-refractivity contribution in [2.24, 2.45) is 0 Å². The number of likely N-dealkylation sites (N-methyl/N-ethyl adjacent to an activating group) is 1. The summed E-state index contributed by atoms with van der Waals surface area (Å²) >= 11 is 0. The van der Waals surface area contributed by atoms with Gasteiger partial charge in [0.05, 0.1) is 0 Å². The molecule has 19 heavy (non-hydrogen) atoms. The Morgan fingerprint density at radius 1 is 1.21 bits per heavy atom. The summed E-state index contributed by atoms with van der Waals surface area (Å²) in [6, 6.07) is 4.43. The summed E-state index contributed by atoms with van der Waals surface area (Å²) < 4.78 is 0. The quantitative estimate of drug-likeness (QED) is 0.852. The van der Waals surface area contributed by atoms with Crippen LogP contribution in [0.15, 0.2) is 12.1 Å². The second kappa shape index (κ2) is 7.29. The van der Waals surface area contributed by atoms with Crippen molar-refractivity contribution in [2.75, 3.05) is 27.2 Å². The fraction of sp³-hybridized carbons (Fsp3) is 0.562. The van der Waals surface area contributed by atoms with Crippen LogP contribution in [0.1, 0.15) is 28.7 Å². The smallest absolute Gasteiger partial charge is 0.223 e. The minimum atomic E-state index is 0.205. The fourth-order valence-electron chi connectivity index (χ4n) is 2.43. The Labute approximate surface area is 117 Å². The molecule has 1 amide bonds. The number of rotatable bonds is 6. The number of benzene rings is 1. The van der Waals surface area contributed by atoms with Gasteiger partial charge < -0.3 is 10.2 Å². The molecule has 1 N–H and O–H groups in total. The Hall–Kier alpha value is -1.35. The highest BCUT2D eigenvalue weighted by molar-refractivity contribution is 5.76. The number of hydrogen-bond donors (Lipinski definition) is 1. The van der Waals surface area contributed by atoms with Crippen molar-refractivity contribution < 1.29 is 4.79 Å². The third kappa shape index (κ3) is 4.67. The van der Waals surface area contributed by atoms with E-state index in [9.17, 15) is 4.79 Å². The van der Waals surface area contributed by atoms with E-state index >= 15 is 0 Å². The topological polar surface area (TPSA) is 32.3 Å². The average Bonchev–Trinajstić information content (AvgIpc) is 2.34. The molecule has 0 heterocycles. The Bertz CT molecular complexity index is 417. The molecule has 0 aliphatic rings. The van der Waals surface area contributed by atoms with E-state index in [0.29, 0.717) is 6.42 Å². The van der Waals surface area contributed by atoms with Gasteiger partial charge in [-0.25, -0.2) is 0 Å². The summed E-state index contributed by atoms with van der Waals surface area (Å²) in [4.78, 5) is 13.7. The van der Waals surface area contributed by atoms with Crippen LogP contribution in [0.25, 0.3) is 0 Å². The molecule has 106 valence electrons. The van der Waals surface area contributed by atoms with Gasteiger partial charge in [-0.05, 0) is 50.9 Å². The third-order valence-electron chi connectivity index (χ3n) is 3.55. The lowest BCUT2D eigenvalue weighted by Gasteiger charge is -2.19. The standard InChI is InChI=1S/C16H26N2O/c1-12-10-13(2)15(14(3)11-12)7-9-18(5)16(19)6-8-17-4/h10-11,17H,6-9H2,1-5H3. The Balaban J connectivity index is 2.59. The van der Waals surface area contributed by atoms with Crippen molar-refractivity contribution in [1.82, 2.24) is 10.2 Å². The van der Waals surface area contributed by atoms with Gasteiger partial charge in [-0.3, -0.25) is 4.79 Å². The minimum absolute atomic E-state index is 0.205. The molecule has 1 aromatic rings. The van der Waals surface area contributed by atoms with Crippen molar-refractivity contribution in [3.8, 4) is 0 Å². The lowest BCUT2D eigenvalue weighted by molar-refractivity contribution is -0.129. The maximum atomic E-state index is 11.8. The molecule has 0 aliphatic heterocycles. The molecule has 0 aromatic heterocycles. The first-order valence-corrected chi connectivity index (χ1v) is 6.91. The second-order valence-electron chi connectivity index (χ2n) is 5.30. The number of nitrogens with one attached hydrogen (secondary N) is 1. The van der Waals surface area contributed by atoms with Gasteiger partial charge in [-0.15, -0.1) is 0 Å². The van der Waals surface area contributed by atoms with E-state index in [-0.39, 0.29) is 5.91 Å². The first-order chi connectivity index (χ1) is 8.95. The molecule has 0 spiro atoms. The van der Waals surface area contributed by atoms with Crippen molar-refractivity contribution in [2.45, 2.75) is 33.6 Å². The van der Waals surface area contributed by atoms with Gasteiger partial charge in [0.1, 0.15) is 0 Å². The molecule has 0 aliphatic carbocycles. The molecular weight excluding hydrogens is 236 g/mol. The van der Waals surface area contributed by atoms with Crippen LogP contribution in [0.5, 0.6) is 0 Å². The number of hydrogen-bond acceptors (Lipinski definition) is 2. The monoisotopic (exact) mass is 262 g/mol. The number of carbonyl (C=O) groups is 1. The van der Waals surface area contributed by atoms with Crippen molar-refractivity contribution >= 4 is 5.91 Å². The predicted molar refractivity (Wildman–Crippen MR) is 80.5 cm³/mol. The predicted octanol–water partition coefficient (Wildman–Crippen LogP) is 2.22. The normalized spacial score (nSPS) is 10.6. The van der Waals surface area contributed by atoms with Gasteiger partial charge in [-0.2, -0.15) is 0 Å². The Morgan fingerprint density at radius 3 is 2.32 bits per heavy atom.